The summed E-state index contributed by atoms with van der Waals surface area (Å²) in [6, 6.07) is 0. The van der Waals surface area contributed by atoms with Gasteiger partial charge in [0, 0.05) is 30.1 Å². The van der Waals surface area contributed by atoms with Crippen molar-refractivity contribution >= 4 is 11.8 Å². The topological polar surface area (TPSA) is 29.3 Å². The maximum atomic E-state index is 6.14. The Morgan fingerprint density at radius 2 is 1.94 bits per heavy atom. The molecule has 2 fully saturated rings. The van der Waals surface area contributed by atoms with Gasteiger partial charge in [0.1, 0.15) is 0 Å². The average Bonchev–Trinajstić information content (AvgIpc) is 2.31. The third kappa shape index (κ3) is 3.64. The smallest absolute Gasteiger partial charge is 0.0231 e. The molecule has 2 N–H and O–H groups in total. The van der Waals surface area contributed by atoms with Crippen molar-refractivity contribution in [1.82, 2.24) is 4.90 Å². The van der Waals surface area contributed by atoms with Gasteiger partial charge in [0.05, 0.1) is 0 Å². The SMILES string of the molecule is CC1CCC(CN)(CN2CCSC(C)(C)C2)CC1. The predicted molar refractivity (Wildman–Crippen MR) is 82.1 cm³/mol. The fourth-order valence-electron chi connectivity index (χ4n) is 3.52. The van der Waals surface area contributed by atoms with E-state index in [1.54, 1.807) is 0 Å². The molecule has 2 aliphatic rings. The van der Waals surface area contributed by atoms with Crippen molar-refractivity contribution in [3.05, 3.63) is 0 Å². The molecule has 3 heteroatoms. The third-order valence-corrected chi connectivity index (χ3v) is 6.13. The van der Waals surface area contributed by atoms with Crippen molar-refractivity contribution in [2.45, 2.75) is 51.2 Å². The van der Waals surface area contributed by atoms with Crippen LogP contribution in [0.1, 0.15) is 46.5 Å². The van der Waals surface area contributed by atoms with Crippen LogP contribution < -0.4 is 5.73 Å². The highest BCUT2D eigenvalue weighted by Crippen LogP contribution is 2.40. The van der Waals surface area contributed by atoms with Crippen LogP contribution in [-0.4, -0.2) is 41.6 Å². The summed E-state index contributed by atoms with van der Waals surface area (Å²) in [5.74, 6) is 2.20. The lowest BCUT2D eigenvalue weighted by Crippen LogP contribution is -2.50. The van der Waals surface area contributed by atoms with Gasteiger partial charge in [-0.1, -0.05) is 19.8 Å². The first-order chi connectivity index (χ1) is 8.45. The normalized spacial score (nSPS) is 37.7. The molecule has 0 radical (unpaired) electrons. The summed E-state index contributed by atoms with van der Waals surface area (Å²) in [5.41, 5.74) is 6.56. The monoisotopic (exact) mass is 270 g/mol. The zero-order chi connectivity index (χ0) is 13.2. The number of hydrogen-bond donors (Lipinski definition) is 1. The molecular formula is C15H30N2S. The fourth-order valence-corrected chi connectivity index (χ4v) is 4.70. The van der Waals surface area contributed by atoms with E-state index in [1.807, 2.05) is 0 Å². The van der Waals surface area contributed by atoms with Crippen molar-refractivity contribution in [3.8, 4) is 0 Å². The van der Waals surface area contributed by atoms with Gasteiger partial charge in [-0.15, -0.1) is 0 Å². The zero-order valence-electron chi connectivity index (χ0n) is 12.4. The van der Waals surface area contributed by atoms with Crippen LogP contribution in [0.25, 0.3) is 0 Å². The molecule has 1 aliphatic heterocycles. The maximum Gasteiger partial charge on any atom is 0.0231 e. The summed E-state index contributed by atoms with van der Waals surface area (Å²) in [4.78, 5) is 2.68. The van der Waals surface area contributed by atoms with Crippen LogP contribution in [0.3, 0.4) is 0 Å². The van der Waals surface area contributed by atoms with Crippen LogP contribution in [0.2, 0.25) is 0 Å². The molecule has 0 aromatic carbocycles. The van der Waals surface area contributed by atoms with Gasteiger partial charge >= 0.3 is 0 Å². The lowest BCUT2D eigenvalue weighted by molar-refractivity contribution is 0.0920. The Labute approximate surface area is 117 Å². The molecule has 0 bridgehead atoms. The molecule has 1 aliphatic carbocycles. The second-order valence-electron chi connectivity index (χ2n) is 7.21. The van der Waals surface area contributed by atoms with Gasteiger partial charge in [-0.05, 0) is 44.6 Å². The first kappa shape index (κ1) is 14.7. The molecule has 0 amide bonds. The van der Waals surface area contributed by atoms with Gasteiger partial charge in [-0.25, -0.2) is 0 Å². The number of thioether (sulfide) groups is 1. The van der Waals surface area contributed by atoms with Crippen molar-refractivity contribution in [3.63, 3.8) is 0 Å². The van der Waals surface area contributed by atoms with Gasteiger partial charge in [0.2, 0.25) is 0 Å². The Morgan fingerprint density at radius 1 is 1.28 bits per heavy atom. The average molecular weight is 270 g/mol. The van der Waals surface area contributed by atoms with Crippen LogP contribution in [0, 0.1) is 11.3 Å². The molecule has 1 saturated heterocycles. The molecule has 2 rings (SSSR count). The van der Waals surface area contributed by atoms with E-state index in [4.69, 9.17) is 5.73 Å². The van der Waals surface area contributed by atoms with Crippen molar-refractivity contribution in [2.24, 2.45) is 17.1 Å². The van der Waals surface area contributed by atoms with Gasteiger partial charge in [-0.3, -0.25) is 0 Å². The molecule has 2 nitrogen and oxygen atoms in total. The molecule has 0 aromatic rings. The van der Waals surface area contributed by atoms with Crippen molar-refractivity contribution in [2.75, 3.05) is 31.9 Å². The van der Waals surface area contributed by atoms with E-state index in [0.717, 1.165) is 12.5 Å². The number of rotatable bonds is 3. The van der Waals surface area contributed by atoms with E-state index in [1.165, 1.54) is 51.1 Å². The summed E-state index contributed by atoms with van der Waals surface area (Å²) in [5, 5.41) is 0. The van der Waals surface area contributed by atoms with Gasteiger partial charge < -0.3 is 10.6 Å². The van der Waals surface area contributed by atoms with Crippen molar-refractivity contribution < 1.29 is 0 Å². The lowest BCUT2D eigenvalue weighted by atomic mass is 9.70. The van der Waals surface area contributed by atoms with E-state index in [-0.39, 0.29) is 0 Å². The van der Waals surface area contributed by atoms with E-state index in [2.05, 4.69) is 37.4 Å². The fraction of sp³-hybridized carbons (Fsp3) is 1.00. The van der Waals surface area contributed by atoms with Crippen LogP contribution in [0.5, 0.6) is 0 Å². The molecule has 0 spiro atoms. The first-order valence-electron chi connectivity index (χ1n) is 7.51. The van der Waals surface area contributed by atoms with E-state index >= 15 is 0 Å². The Balaban J connectivity index is 1.93. The molecule has 106 valence electrons. The van der Waals surface area contributed by atoms with Crippen LogP contribution in [0.4, 0.5) is 0 Å². The van der Waals surface area contributed by atoms with Gasteiger partial charge in [-0.2, -0.15) is 11.8 Å². The molecule has 0 aromatic heterocycles. The second-order valence-corrected chi connectivity index (χ2v) is 9.01. The third-order valence-electron chi connectivity index (χ3n) is 4.83. The molecule has 0 atom stereocenters. The summed E-state index contributed by atoms with van der Waals surface area (Å²) < 4.78 is 0.427. The molecule has 0 unspecified atom stereocenters. The quantitative estimate of drug-likeness (QED) is 0.855. The highest BCUT2D eigenvalue weighted by atomic mass is 32.2. The number of nitrogens with zero attached hydrogens (tertiary/aromatic N) is 1. The Kier molecular flexibility index (Phi) is 4.66. The highest BCUT2D eigenvalue weighted by Gasteiger charge is 2.37. The van der Waals surface area contributed by atoms with Crippen LogP contribution in [-0.2, 0) is 0 Å². The minimum absolute atomic E-state index is 0.421. The second kappa shape index (κ2) is 5.72. The van der Waals surface area contributed by atoms with Crippen LogP contribution in [0.15, 0.2) is 0 Å². The predicted octanol–water partition coefficient (Wildman–Crippen LogP) is 2.97. The molecule has 18 heavy (non-hydrogen) atoms. The molecule has 1 heterocycles. The maximum absolute atomic E-state index is 6.14. The van der Waals surface area contributed by atoms with Crippen molar-refractivity contribution in [1.29, 1.82) is 0 Å². The van der Waals surface area contributed by atoms with E-state index in [9.17, 15) is 0 Å². The first-order valence-corrected chi connectivity index (χ1v) is 8.50. The Hall–Kier alpha value is 0.270. The van der Waals surface area contributed by atoms with E-state index < -0.39 is 0 Å². The van der Waals surface area contributed by atoms with E-state index in [0.29, 0.717) is 10.2 Å². The summed E-state index contributed by atoms with van der Waals surface area (Å²) in [6.07, 6.45) is 5.44. The lowest BCUT2D eigenvalue weighted by Gasteiger charge is -2.45. The Bertz CT molecular complexity index is 270. The molecule has 1 saturated carbocycles. The van der Waals surface area contributed by atoms with Crippen LogP contribution >= 0.6 is 11.8 Å². The number of hydrogen-bond acceptors (Lipinski definition) is 3. The standard InChI is InChI=1S/C15H30N2S/c1-13-4-6-15(10-16,7-5-13)12-17-8-9-18-14(2,3)11-17/h13H,4-12,16H2,1-3H3. The summed E-state index contributed by atoms with van der Waals surface area (Å²) in [6.45, 7) is 11.7. The number of nitrogens with two attached hydrogens (primary N) is 1. The largest absolute Gasteiger partial charge is 0.330 e. The van der Waals surface area contributed by atoms with Gasteiger partial charge in [0.25, 0.3) is 0 Å². The zero-order valence-corrected chi connectivity index (χ0v) is 13.2. The summed E-state index contributed by atoms with van der Waals surface area (Å²) >= 11 is 2.12. The summed E-state index contributed by atoms with van der Waals surface area (Å²) in [7, 11) is 0. The molecular weight excluding hydrogens is 240 g/mol. The highest BCUT2D eigenvalue weighted by molar-refractivity contribution is 8.00. The Morgan fingerprint density at radius 3 is 2.50 bits per heavy atom. The van der Waals surface area contributed by atoms with Gasteiger partial charge in [0.15, 0.2) is 0 Å². The minimum atomic E-state index is 0.421. The minimum Gasteiger partial charge on any atom is -0.330 e.